The number of nitrogens with zero attached hydrogens (tertiary/aromatic N) is 2. The van der Waals surface area contributed by atoms with E-state index in [2.05, 4.69) is 135 Å². The molecule has 0 saturated carbocycles. The first-order chi connectivity index (χ1) is 26.2. The van der Waals surface area contributed by atoms with Crippen molar-refractivity contribution in [1.29, 1.82) is 0 Å². The molecular weight excluding hydrogens is 645 g/mol. The molecule has 0 fully saturated rings. The Labute approximate surface area is 309 Å². The standard InChI is InChI=1S/C50H38N2O/c1-3-37-43-26-27-44-47(31-14-6-5-7-15-31)51-50(52-48(44)49(43)53-46(37)4-2)36-19-13-18-34(29-36)32-16-12-17-33(28-32)35-24-25-42-40-22-9-8-20-38(40)39-21-10-11-23-41(39)45(42)30-35/h3-4,6,9,11-19,22-30H,1-2,5,7-8,10,20-21H2. The number of rotatable bonds is 6. The third-order valence-electron chi connectivity index (χ3n) is 11.2. The van der Waals surface area contributed by atoms with Gasteiger partial charge in [0.2, 0.25) is 0 Å². The number of allylic oxidation sites excluding steroid dienone is 6. The number of hydrogen-bond acceptors (Lipinski definition) is 3. The maximum atomic E-state index is 6.39. The molecule has 10 rings (SSSR count). The molecule has 0 bridgehead atoms. The molecular formula is C50H38N2O. The van der Waals surface area contributed by atoms with E-state index in [0.29, 0.717) is 11.6 Å². The second-order valence-electron chi connectivity index (χ2n) is 14.3. The van der Waals surface area contributed by atoms with Crippen LogP contribution in [-0.4, -0.2) is 9.97 Å². The van der Waals surface area contributed by atoms with E-state index >= 15 is 0 Å². The van der Waals surface area contributed by atoms with Crippen molar-refractivity contribution < 1.29 is 4.42 Å². The quantitative estimate of drug-likeness (QED) is 0.175. The van der Waals surface area contributed by atoms with E-state index in [0.717, 1.165) is 93.9 Å². The van der Waals surface area contributed by atoms with Crippen molar-refractivity contribution >= 4 is 62.5 Å². The molecule has 3 heteroatoms. The molecule has 0 amide bonds. The van der Waals surface area contributed by atoms with E-state index in [1.807, 2.05) is 6.08 Å². The zero-order valence-corrected chi connectivity index (χ0v) is 29.7. The average molecular weight is 683 g/mol. The summed E-state index contributed by atoms with van der Waals surface area (Å²) in [6.45, 7) is 8.03. The highest BCUT2D eigenvalue weighted by Gasteiger charge is 2.22. The molecule has 53 heavy (non-hydrogen) atoms. The number of hydrogen-bond donors (Lipinski definition) is 0. The summed E-state index contributed by atoms with van der Waals surface area (Å²) in [6, 6.07) is 28.7. The maximum Gasteiger partial charge on any atom is 0.161 e. The normalized spacial score (nSPS) is 14.8. The second-order valence-corrected chi connectivity index (χ2v) is 14.3. The van der Waals surface area contributed by atoms with E-state index in [1.165, 1.54) is 33.0 Å². The van der Waals surface area contributed by atoms with Crippen LogP contribution in [0.25, 0.3) is 96.2 Å². The van der Waals surface area contributed by atoms with Gasteiger partial charge in [0.1, 0.15) is 11.3 Å². The van der Waals surface area contributed by atoms with Gasteiger partial charge in [-0.05, 0) is 136 Å². The van der Waals surface area contributed by atoms with Crippen LogP contribution in [0.2, 0.25) is 0 Å². The fraction of sp³-hybridized carbons (Fsp3) is 0.120. The van der Waals surface area contributed by atoms with Crippen LogP contribution in [0.1, 0.15) is 65.0 Å². The first-order valence-electron chi connectivity index (χ1n) is 18.7. The fourth-order valence-corrected chi connectivity index (χ4v) is 8.64. The van der Waals surface area contributed by atoms with E-state index < -0.39 is 0 Å². The summed E-state index contributed by atoms with van der Waals surface area (Å²) >= 11 is 0. The third kappa shape index (κ3) is 5.18. The fourth-order valence-electron chi connectivity index (χ4n) is 8.64. The largest absolute Gasteiger partial charge is 0.454 e. The smallest absolute Gasteiger partial charge is 0.161 e. The predicted octanol–water partition coefficient (Wildman–Crippen LogP) is 13.5. The van der Waals surface area contributed by atoms with Crippen LogP contribution in [-0.2, 0) is 12.8 Å². The van der Waals surface area contributed by atoms with Gasteiger partial charge < -0.3 is 4.42 Å². The molecule has 2 heterocycles. The van der Waals surface area contributed by atoms with Crippen molar-refractivity contribution in [2.75, 3.05) is 0 Å². The number of furan rings is 1. The van der Waals surface area contributed by atoms with Crippen LogP contribution in [0.4, 0.5) is 0 Å². The third-order valence-corrected chi connectivity index (χ3v) is 11.2. The van der Waals surface area contributed by atoms with Crippen LogP contribution in [0, 0.1) is 0 Å². The molecule has 0 atom stereocenters. The maximum absolute atomic E-state index is 6.39. The van der Waals surface area contributed by atoms with E-state index in [9.17, 15) is 0 Å². The topological polar surface area (TPSA) is 38.9 Å². The Balaban J connectivity index is 1.09. The van der Waals surface area contributed by atoms with Gasteiger partial charge >= 0.3 is 0 Å². The molecule has 7 aromatic rings. The highest BCUT2D eigenvalue weighted by Crippen LogP contribution is 2.41. The molecule has 0 saturated heterocycles. The Kier molecular flexibility index (Phi) is 7.54. The summed E-state index contributed by atoms with van der Waals surface area (Å²) in [5, 5.41) is 4.64. The van der Waals surface area contributed by atoms with Crippen molar-refractivity contribution in [3.63, 3.8) is 0 Å². The zero-order chi connectivity index (χ0) is 35.5. The summed E-state index contributed by atoms with van der Waals surface area (Å²) in [6.07, 6.45) is 26.2. The summed E-state index contributed by atoms with van der Waals surface area (Å²) in [7, 11) is 0. The summed E-state index contributed by atoms with van der Waals surface area (Å²) < 4.78 is 6.39. The zero-order valence-electron chi connectivity index (χ0n) is 29.7. The van der Waals surface area contributed by atoms with Gasteiger partial charge in [-0.1, -0.05) is 110 Å². The summed E-state index contributed by atoms with van der Waals surface area (Å²) in [5.74, 6) is 1.36. The molecule has 0 spiro atoms. The molecule has 254 valence electrons. The van der Waals surface area contributed by atoms with E-state index in [1.54, 1.807) is 17.2 Å². The van der Waals surface area contributed by atoms with Crippen molar-refractivity contribution in [3.05, 3.63) is 162 Å². The lowest BCUT2D eigenvalue weighted by Crippen LogP contribution is -2.07. The lowest BCUT2D eigenvalue weighted by molar-refractivity contribution is 0.606. The van der Waals surface area contributed by atoms with Gasteiger partial charge in [0.15, 0.2) is 11.4 Å². The van der Waals surface area contributed by atoms with Gasteiger partial charge in [0.25, 0.3) is 0 Å². The number of aromatic nitrogens is 2. The lowest BCUT2D eigenvalue weighted by Gasteiger charge is -2.24. The Bertz CT molecular complexity index is 2820. The van der Waals surface area contributed by atoms with Gasteiger partial charge in [0.05, 0.1) is 5.69 Å². The first-order valence-corrected chi connectivity index (χ1v) is 18.7. The van der Waals surface area contributed by atoms with Crippen LogP contribution in [0.5, 0.6) is 0 Å². The Hall–Kier alpha value is -6.32. The van der Waals surface area contributed by atoms with Crippen LogP contribution in [0.15, 0.2) is 127 Å². The van der Waals surface area contributed by atoms with Gasteiger partial charge in [-0.2, -0.15) is 0 Å². The van der Waals surface area contributed by atoms with Gasteiger partial charge in [0, 0.05) is 21.9 Å². The van der Waals surface area contributed by atoms with Crippen molar-refractivity contribution in [2.24, 2.45) is 0 Å². The van der Waals surface area contributed by atoms with Gasteiger partial charge in [-0.3, -0.25) is 0 Å². The average Bonchev–Trinajstić information content (AvgIpc) is 3.62. The predicted molar refractivity (Wildman–Crippen MR) is 224 cm³/mol. The summed E-state index contributed by atoms with van der Waals surface area (Å²) in [4.78, 5) is 10.5. The Morgan fingerprint density at radius 2 is 1.21 bits per heavy atom. The minimum atomic E-state index is 0.666. The van der Waals surface area contributed by atoms with Gasteiger partial charge in [-0.15, -0.1) is 0 Å². The van der Waals surface area contributed by atoms with E-state index in [4.69, 9.17) is 14.4 Å². The van der Waals surface area contributed by atoms with Crippen LogP contribution >= 0.6 is 0 Å². The van der Waals surface area contributed by atoms with Crippen molar-refractivity contribution in [3.8, 4) is 33.6 Å². The highest BCUT2D eigenvalue weighted by molar-refractivity contribution is 6.09. The van der Waals surface area contributed by atoms with Crippen molar-refractivity contribution in [1.82, 2.24) is 9.97 Å². The summed E-state index contributed by atoms with van der Waals surface area (Å²) in [5.41, 5.74) is 16.0. The number of benzene rings is 5. The molecule has 0 unspecified atom stereocenters. The Morgan fingerprint density at radius 1 is 0.566 bits per heavy atom. The second kappa shape index (κ2) is 12.7. The Morgan fingerprint density at radius 3 is 1.91 bits per heavy atom. The molecule has 2 aromatic heterocycles. The van der Waals surface area contributed by atoms with Crippen LogP contribution < -0.4 is 0 Å². The molecule has 3 nitrogen and oxygen atoms in total. The molecule has 3 aliphatic carbocycles. The molecule has 3 aliphatic rings. The van der Waals surface area contributed by atoms with Crippen LogP contribution in [0.3, 0.4) is 0 Å². The molecule has 0 radical (unpaired) electrons. The van der Waals surface area contributed by atoms with E-state index in [-0.39, 0.29) is 0 Å². The highest BCUT2D eigenvalue weighted by atomic mass is 16.3. The monoisotopic (exact) mass is 682 g/mol. The lowest BCUT2D eigenvalue weighted by atomic mass is 9.80. The van der Waals surface area contributed by atoms with Gasteiger partial charge in [-0.25, -0.2) is 9.97 Å². The molecule has 0 aliphatic heterocycles. The molecule has 5 aromatic carbocycles. The number of fused-ring (bicyclic) bond motifs is 9. The minimum absolute atomic E-state index is 0.666. The first kappa shape index (κ1) is 31.4. The SMILES string of the molecule is C=Cc1oc2c(ccc3c(C4=CCCC=C4)nc(-c4cccc(-c5cccc(-c6ccc7c8c(c9c(c7c6)C=CCC9)CCC=C8)c5)c4)nc32)c1C=C. The van der Waals surface area contributed by atoms with Crippen molar-refractivity contribution in [2.45, 2.75) is 38.5 Å². The molecule has 0 N–H and O–H groups in total. The minimum Gasteiger partial charge on any atom is -0.454 e.